The molecule has 1 N–H and O–H groups in total. The molecule has 3 aromatic rings. The average Bonchev–Trinajstić information content (AvgIpc) is 2.93. The molecule has 0 amide bonds. The molecule has 2 heterocycles. The van der Waals surface area contributed by atoms with Crippen molar-refractivity contribution >= 4 is 45.4 Å². The van der Waals surface area contributed by atoms with Gasteiger partial charge in [0.25, 0.3) is 0 Å². The van der Waals surface area contributed by atoms with E-state index >= 15 is 0 Å². The lowest BCUT2D eigenvalue weighted by atomic mass is 10.1. The SMILES string of the molecule is Cc1cc(-c2csc(Nc3ccc(Cl)nc3)n2)c(Cl)cc1F. The number of aromatic nitrogens is 2. The molecule has 22 heavy (non-hydrogen) atoms. The summed E-state index contributed by atoms with van der Waals surface area (Å²) >= 11 is 13.3. The first-order chi connectivity index (χ1) is 10.5. The number of thiazole rings is 1. The molecule has 0 bridgehead atoms. The number of nitrogens with zero attached hydrogens (tertiary/aromatic N) is 2. The molecule has 7 heteroatoms. The van der Waals surface area contributed by atoms with Gasteiger partial charge in [-0.15, -0.1) is 11.3 Å². The summed E-state index contributed by atoms with van der Waals surface area (Å²) in [6.07, 6.45) is 1.62. The average molecular weight is 354 g/mol. The minimum Gasteiger partial charge on any atom is -0.330 e. The van der Waals surface area contributed by atoms with Crippen LogP contribution in [-0.4, -0.2) is 9.97 Å². The zero-order chi connectivity index (χ0) is 15.7. The quantitative estimate of drug-likeness (QED) is 0.613. The summed E-state index contributed by atoms with van der Waals surface area (Å²) in [5.74, 6) is -0.324. The highest BCUT2D eigenvalue weighted by Crippen LogP contribution is 2.33. The molecule has 0 aliphatic heterocycles. The first-order valence-electron chi connectivity index (χ1n) is 6.33. The zero-order valence-electron chi connectivity index (χ0n) is 11.4. The van der Waals surface area contributed by atoms with E-state index in [1.165, 1.54) is 17.4 Å². The second kappa shape index (κ2) is 6.20. The number of hydrogen-bond donors (Lipinski definition) is 1. The van der Waals surface area contributed by atoms with Crippen molar-refractivity contribution in [2.75, 3.05) is 5.32 Å². The van der Waals surface area contributed by atoms with Crippen LogP contribution in [0.5, 0.6) is 0 Å². The monoisotopic (exact) mass is 353 g/mol. The Morgan fingerprint density at radius 3 is 2.77 bits per heavy atom. The molecule has 0 fully saturated rings. The van der Waals surface area contributed by atoms with Crippen molar-refractivity contribution < 1.29 is 4.39 Å². The van der Waals surface area contributed by atoms with E-state index in [0.29, 0.717) is 32.1 Å². The molecule has 0 spiro atoms. The number of rotatable bonds is 3. The van der Waals surface area contributed by atoms with Gasteiger partial charge in [-0.1, -0.05) is 23.2 Å². The molecule has 1 aromatic carbocycles. The fourth-order valence-electron chi connectivity index (χ4n) is 1.88. The zero-order valence-corrected chi connectivity index (χ0v) is 13.7. The highest BCUT2D eigenvalue weighted by atomic mass is 35.5. The maximum absolute atomic E-state index is 13.5. The third-order valence-electron chi connectivity index (χ3n) is 3.01. The summed E-state index contributed by atoms with van der Waals surface area (Å²) < 4.78 is 13.5. The van der Waals surface area contributed by atoms with Gasteiger partial charge in [0.1, 0.15) is 11.0 Å². The normalized spacial score (nSPS) is 10.7. The Hall–Kier alpha value is -1.69. The summed E-state index contributed by atoms with van der Waals surface area (Å²) in [4.78, 5) is 8.46. The van der Waals surface area contributed by atoms with Gasteiger partial charge in [-0.05, 0) is 36.8 Å². The van der Waals surface area contributed by atoms with E-state index in [9.17, 15) is 4.39 Å². The van der Waals surface area contributed by atoms with Crippen LogP contribution in [0.4, 0.5) is 15.2 Å². The Labute approximate surface area is 140 Å². The van der Waals surface area contributed by atoms with Crippen molar-refractivity contribution in [1.29, 1.82) is 0 Å². The molecular weight excluding hydrogens is 344 g/mol. The van der Waals surface area contributed by atoms with Crippen molar-refractivity contribution in [1.82, 2.24) is 9.97 Å². The van der Waals surface area contributed by atoms with Crippen molar-refractivity contribution in [2.45, 2.75) is 6.92 Å². The second-order valence-corrected chi connectivity index (χ2v) is 6.27. The number of halogens is 3. The molecule has 0 radical (unpaired) electrons. The smallest absolute Gasteiger partial charge is 0.187 e. The molecule has 0 saturated carbocycles. The van der Waals surface area contributed by atoms with Crippen LogP contribution in [-0.2, 0) is 0 Å². The lowest BCUT2D eigenvalue weighted by Gasteiger charge is -2.04. The van der Waals surface area contributed by atoms with Gasteiger partial charge in [-0.25, -0.2) is 14.4 Å². The highest BCUT2D eigenvalue weighted by molar-refractivity contribution is 7.14. The predicted molar refractivity (Wildman–Crippen MR) is 89.8 cm³/mol. The van der Waals surface area contributed by atoms with E-state index in [4.69, 9.17) is 23.2 Å². The van der Waals surface area contributed by atoms with Gasteiger partial charge in [0.15, 0.2) is 5.13 Å². The molecule has 0 saturated heterocycles. The maximum Gasteiger partial charge on any atom is 0.187 e. The van der Waals surface area contributed by atoms with E-state index in [1.807, 2.05) is 11.4 Å². The van der Waals surface area contributed by atoms with E-state index in [1.54, 1.807) is 25.3 Å². The van der Waals surface area contributed by atoms with Gasteiger partial charge < -0.3 is 5.32 Å². The molecule has 0 unspecified atom stereocenters. The van der Waals surface area contributed by atoms with Gasteiger partial charge in [0.2, 0.25) is 0 Å². The molecule has 112 valence electrons. The van der Waals surface area contributed by atoms with E-state index in [2.05, 4.69) is 15.3 Å². The van der Waals surface area contributed by atoms with Crippen molar-refractivity contribution in [3.05, 3.63) is 57.4 Å². The number of aryl methyl sites for hydroxylation is 1. The van der Waals surface area contributed by atoms with Crippen molar-refractivity contribution in [3.63, 3.8) is 0 Å². The molecular formula is C15H10Cl2FN3S. The topological polar surface area (TPSA) is 37.8 Å². The molecule has 0 atom stereocenters. The molecule has 3 rings (SSSR count). The summed E-state index contributed by atoms with van der Waals surface area (Å²) in [7, 11) is 0. The fourth-order valence-corrected chi connectivity index (χ4v) is 2.97. The summed E-state index contributed by atoms with van der Waals surface area (Å²) in [6, 6.07) is 6.51. The van der Waals surface area contributed by atoms with Crippen LogP contribution in [0.2, 0.25) is 10.2 Å². The van der Waals surface area contributed by atoms with Crippen molar-refractivity contribution in [2.24, 2.45) is 0 Å². The standard InChI is InChI=1S/C15H10Cl2FN3S/c1-8-4-10(11(16)5-12(8)18)13-7-22-15(21-13)20-9-2-3-14(17)19-6-9/h2-7H,1H3,(H,20,21). The number of anilines is 2. The van der Waals surface area contributed by atoms with E-state index < -0.39 is 0 Å². The summed E-state index contributed by atoms with van der Waals surface area (Å²) in [5, 5.41) is 6.46. The van der Waals surface area contributed by atoms with Crippen LogP contribution in [0, 0.1) is 12.7 Å². The van der Waals surface area contributed by atoms with Crippen LogP contribution in [0.15, 0.2) is 35.8 Å². The molecule has 2 aromatic heterocycles. The van der Waals surface area contributed by atoms with Gasteiger partial charge in [0, 0.05) is 10.9 Å². The number of pyridine rings is 1. The Kier molecular flexibility index (Phi) is 4.29. The Bertz CT molecular complexity index is 818. The first kappa shape index (κ1) is 15.2. The number of hydrogen-bond acceptors (Lipinski definition) is 4. The lowest BCUT2D eigenvalue weighted by molar-refractivity contribution is 0.619. The minimum atomic E-state index is -0.324. The molecule has 3 nitrogen and oxygen atoms in total. The third kappa shape index (κ3) is 3.21. The van der Waals surface area contributed by atoms with Crippen molar-refractivity contribution in [3.8, 4) is 11.3 Å². The largest absolute Gasteiger partial charge is 0.330 e. The lowest BCUT2D eigenvalue weighted by Crippen LogP contribution is -1.91. The summed E-state index contributed by atoms with van der Waals surface area (Å²) in [6.45, 7) is 1.69. The Morgan fingerprint density at radius 2 is 2.05 bits per heavy atom. The summed E-state index contributed by atoms with van der Waals surface area (Å²) in [5.41, 5.74) is 2.72. The first-order valence-corrected chi connectivity index (χ1v) is 7.96. The second-order valence-electron chi connectivity index (χ2n) is 4.61. The Balaban J connectivity index is 1.87. The van der Waals surface area contributed by atoms with Crippen LogP contribution in [0.25, 0.3) is 11.3 Å². The molecule has 0 aliphatic rings. The minimum absolute atomic E-state index is 0.324. The van der Waals surface area contributed by atoms with E-state index in [0.717, 1.165) is 5.69 Å². The molecule has 0 aliphatic carbocycles. The number of benzene rings is 1. The van der Waals surface area contributed by atoms with E-state index in [-0.39, 0.29) is 5.82 Å². The van der Waals surface area contributed by atoms with Gasteiger partial charge >= 0.3 is 0 Å². The van der Waals surface area contributed by atoms with Gasteiger partial charge in [0.05, 0.1) is 22.6 Å². The number of nitrogens with one attached hydrogen (secondary N) is 1. The van der Waals surface area contributed by atoms with Crippen LogP contribution in [0.1, 0.15) is 5.56 Å². The predicted octanol–water partition coefficient (Wildman–Crippen LogP) is 5.70. The fraction of sp³-hybridized carbons (Fsp3) is 0.0667. The van der Waals surface area contributed by atoms with Crippen LogP contribution < -0.4 is 5.32 Å². The van der Waals surface area contributed by atoms with Gasteiger partial charge in [-0.3, -0.25) is 0 Å². The van der Waals surface area contributed by atoms with Crippen LogP contribution >= 0.6 is 34.5 Å². The highest BCUT2D eigenvalue weighted by Gasteiger charge is 2.11. The van der Waals surface area contributed by atoms with Crippen LogP contribution in [0.3, 0.4) is 0 Å². The third-order valence-corrected chi connectivity index (χ3v) is 4.30. The Morgan fingerprint density at radius 1 is 1.23 bits per heavy atom. The van der Waals surface area contributed by atoms with Gasteiger partial charge in [-0.2, -0.15) is 0 Å². The maximum atomic E-state index is 13.5.